The van der Waals surface area contributed by atoms with Crippen molar-refractivity contribution in [3.63, 3.8) is 0 Å². The van der Waals surface area contributed by atoms with E-state index < -0.39 is 0 Å². The zero-order valence-corrected chi connectivity index (χ0v) is 10.4. The molecule has 0 unspecified atom stereocenters. The Morgan fingerprint density at radius 2 is 2.00 bits per heavy atom. The standard InChI is InChI=1S/C10H6BrCl2N/c1-5-7(11)3-2-6-9(13)8(12)4-14-10(5)6/h2-4H,1H3. The van der Waals surface area contributed by atoms with Crippen LogP contribution in [0.25, 0.3) is 10.9 Å². The van der Waals surface area contributed by atoms with Crippen LogP contribution in [0.3, 0.4) is 0 Å². The number of pyridine rings is 1. The van der Waals surface area contributed by atoms with E-state index in [-0.39, 0.29) is 0 Å². The van der Waals surface area contributed by atoms with E-state index in [9.17, 15) is 0 Å². The van der Waals surface area contributed by atoms with Crippen LogP contribution in [-0.2, 0) is 0 Å². The number of nitrogens with zero attached hydrogens (tertiary/aromatic N) is 1. The first-order chi connectivity index (χ1) is 6.61. The maximum atomic E-state index is 6.06. The molecule has 0 spiro atoms. The van der Waals surface area contributed by atoms with E-state index in [1.165, 1.54) is 0 Å². The Hall–Kier alpha value is -0.310. The predicted molar refractivity (Wildman–Crippen MR) is 64.2 cm³/mol. The van der Waals surface area contributed by atoms with E-state index >= 15 is 0 Å². The maximum absolute atomic E-state index is 6.06. The number of hydrogen-bond donors (Lipinski definition) is 0. The van der Waals surface area contributed by atoms with Crippen LogP contribution in [0, 0.1) is 6.92 Å². The summed E-state index contributed by atoms with van der Waals surface area (Å²) in [5, 5.41) is 1.94. The fourth-order valence-corrected chi connectivity index (χ4v) is 2.00. The van der Waals surface area contributed by atoms with Gasteiger partial charge in [-0.15, -0.1) is 0 Å². The molecule has 1 aromatic carbocycles. The molecule has 1 aromatic heterocycles. The van der Waals surface area contributed by atoms with Crippen molar-refractivity contribution in [2.75, 3.05) is 0 Å². The largest absolute Gasteiger partial charge is 0.254 e. The molecule has 14 heavy (non-hydrogen) atoms. The Morgan fingerprint density at radius 3 is 2.71 bits per heavy atom. The molecule has 0 aliphatic carbocycles. The molecule has 0 saturated heterocycles. The second-order valence-electron chi connectivity index (χ2n) is 2.99. The molecule has 0 aliphatic rings. The molecule has 0 N–H and O–H groups in total. The minimum absolute atomic E-state index is 0.487. The van der Waals surface area contributed by atoms with Crippen molar-refractivity contribution in [2.24, 2.45) is 0 Å². The fraction of sp³-hybridized carbons (Fsp3) is 0.100. The molecule has 0 atom stereocenters. The molecular weight excluding hydrogens is 285 g/mol. The summed E-state index contributed by atoms with van der Waals surface area (Å²) in [7, 11) is 0. The van der Waals surface area contributed by atoms with E-state index in [0.717, 1.165) is 20.9 Å². The molecule has 0 saturated carbocycles. The lowest BCUT2D eigenvalue weighted by atomic mass is 10.1. The van der Waals surface area contributed by atoms with Gasteiger partial charge in [0.05, 0.1) is 15.6 Å². The van der Waals surface area contributed by atoms with Gasteiger partial charge in [0.1, 0.15) is 0 Å². The summed E-state index contributed by atoms with van der Waals surface area (Å²) < 4.78 is 1.02. The van der Waals surface area contributed by atoms with Crippen LogP contribution in [-0.4, -0.2) is 4.98 Å². The molecule has 1 heterocycles. The average Bonchev–Trinajstić information content (AvgIpc) is 2.17. The monoisotopic (exact) mass is 289 g/mol. The molecule has 0 fully saturated rings. The second-order valence-corrected chi connectivity index (χ2v) is 4.63. The van der Waals surface area contributed by atoms with Gasteiger partial charge >= 0.3 is 0 Å². The number of rotatable bonds is 0. The Morgan fingerprint density at radius 1 is 1.29 bits per heavy atom. The molecule has 0 bridgehead atoms. The third-order valence-corrected chi connectivity index (χ3v) is 3.77. The number of aryl methyl sites for hydroxylation is 1. The second kappa shape index (κ2) is 3.69. The van der Waals surface area contributed by atoms with Crippen LogP contribution in [0.5, 0.6) is 0 Å². The van der Waals surface area contributed by atoms with Crippen molar-refractivity contribution < 1.29 is 0 Å². The summed E-state index contributed by atoms with van der Waals surface area (Å²) in [6.45, 7) is 1.99. The van der Waals surface area contributed by atoms with Gasteiger partial charge in [-0.1, -0.05) is 45.2 Å². The Balaban J connectivity index is 2.94. The topological polar surface area (TPSA) is 12.9 Å². The highest BCUT2D eigenvalue weighted by Crippen LogP contribution is 2.32. The molecule has 4 heteroatoms. The lowest BCUT2D eigenvalue weighted by Gasteiger charge is -2.05. The SMILES string of the molecule is Cc1c(Br)ccc2c(Cl)c(Cl)cnc12. The summed E-state index contributed by atoms with van der Waals surface area (Å²) >= 11 is 15.4. The van der Waals surface area contributed by atoms with Gasteiger partial charge in [0.2, 0.25) is 0 Å². The first-order valence-corrected chi connectivity index (χ1v) is 5.55. The van der Waals surface area contributed by atoms with Crippen LogP contribution >= 0.6 is 39.1 Å². The van der Waals surface area contributed by atoms with Crippen molar-refractivity contribution in [3.8, 4) is 0 Å². The summed E-state index contributed by atoms with van der Waals surface area (Å²) in [6.07, 6.45) is 1.58. The van der Waals surface area contributed by atoms with Crippen LogP contribution in [0.4, 0.5) is 0 Å². The fourth-order valence-electron chi connectivity index (χ4n) is 1.33. The predicted octanol–water partition coefficient (Wildman–Crippen LogP) is 4.61. The van der Waals surface area contributed by atoms with Crippen molar-refractivity contribution in [1.29, 1.82) is 0 Å². The highest BCUT2D eigenvalue weighted by molar-refractivity contribution is 9.10. The van der Waals surface area contributed by atoms with E-state index in [0.29, 0.717) is 10.0 Å². The Kier molecular flexibility index (Phi) is 2.69. The zero-order valence-electron chi connectivity index (χ0n) is 7.31. The zero-order chi connectivity index (χ0) is 10.3. The maximum Gasteiger partial charge on any atom is 0.0782 e. The van der Waals surface area contributed by atoms with Gasteiger partial charge < -0.3 is 0 Å². The normalized spacial score (nSPS) is 10.9. The molecular formula is C10H6BrCl2N. The van der Waals surface area contributed by atoms with Crippen molar-refractivity contribution in [3.05, 3.63) is 38.4 Å². The third kappa shape index (κ3) is 1.52. The van der Waals surface area contributed by atoms with Gasteiger partial charge in [-0.2, -0.15) is 0 Å². The lowest BCUT2D eigenvalue weighted by molar-refractivity contribution is 1.35. The summed E-state index contributed by atoms with van der Waals surface area (Å²) in [5.41, 5.74) is 1.95. The van der Waals surface area contributed by atoms with Crippen LogP contribution in [0.1, 0.15) is 5.56 Å². The number of hydrogen-bond acceptors (Lipinski definition) is 1. The van der Waals surface area contributed by atoms with E-state index in [4.69, 9.17) is 23.2 Å². The minimum Gasteiger partial charge on any atom is -0.254 e. The van der Waals surface area contributed by atoms with Crippen LogP contribution in [0.15, 0.2) is 22.8 Å². The van der Waals surface area contributed by atoms with Crippen molar-refractivity contribution >= 4 is 50.0 Å². The first-order valence-electron chi connectivity index (χ1n) is 4.00. The molecule has 0 radical (unpaired) electrons. The van der Waals surface area contributed by atoms with Gasteiger partial charge in [-0.05, 0) is 18.6 Å². The highest BCUT2D eigenvalue weighted by atomic mass is 79.9. The quantitative estimate of drug-likeness (QED) is 0.690. The Labute approximate surface area is 100 Å². The minimum atomic E-state index is 0.487. The average molecular weight is 291 g/mol. The number of benzene rings is 1. The summed E-state index contributed by atoms with van der Waals surface area (Å²) in [5.74, 6) is 0. The van der Waals surface area contributed by atoms with Crippen LogP contribution < -0.4 is 0 Å². The van der Waals surface area contributed by atoms with Gasteiger partial charge in [0.25, 0.3) is 0 Å². The molecule has 0 aliphatic heterocycles. The van der Waals surface area contributed by atoms with Crippen molar-refractivity contribution in [1.82, 2.24) is 4.98 Å². The van der Waals surface area contributed by atoms with Gasteiger partial charge in [0, 0.05) is 16.1 Å². The number of aromatic nitrogens is 1. The van der Waals surface area contributed by atoms with Gasteiger partial charge in [0.15, 0.2) is 0 Å². The first kappa shape index (κ1) is 10.2. The third-order valence-electron chi connectivity index (χ3n) is 2.12. The van der Waals surface area contributed by atoms with Gasteiger partial charge in [-0.3, -0.25) is 4.98 Å². The molecule has 2 rings (SSSR count). The summed E-state index contributed by atoms with van der Waals surface area (Å²) in [6, 6.07) is 3.86. The van der Waals surface area contributed by atoms with Gasteiger partial charge in [-0.25, -0.2) is 0 Å². The smallest absolute Gasteiger partial charge is 0.0782 e. The molecule has 72 valence electrons. The van der Waals surface area contributed by atoms with Crippen LogP contribution in [0.2, 0.25) is 10.0 Å². The van der Waals surface area contributed by atoms with E-state index in [1.54, 1.807) is 6.20 Å². The molecule has 2 aromatic rings. The molecule has 0 amide bonds. The van der Waals surface area contributed by atoms with Crippen molar-refractivity contribution in [2.45, 2.75) is 6.92 Å². The van der Waals surface area contributed by atoms with E-state index in [1.807, 2.05) is 19.1 Å². The number of fused-ring (bicyclic) bond motifs is 1. The number of halogens is 3. The molecule has 1 nitrogen and oxygen atoms in total. The summed E-state index contributed by atoms with van der Waals surface area (Å²) in [4.78, 5) is 4.26. The lowest BCUT2D eigenvalue weighted by Crippen LogP contribution is -1.86. The highest BCUT2D eigenvalue weighted by Gasteiger charge is 2.08. The Bertz CT molecular complexity index is 464. The van der Waals surface area contributed by atoms with E-state index in [2.05, 4.69) is 20.9 Å².